The molecule has 0 spiro atoms. The van der Waals surface area contributed by atoms with E-state index >= 15 is 0 Å². The van der Waals surface area contributed by atoms with Crippen molar-refractivity contribution in [2.75, 3.05) is 6.61 Å². The SMILES string of the molecule is O=C1C=COC1.c1ccncc1. The minimum absolute atomic E-state index is 0.0509. The summed E-state index contributed by atoms with van der Waals surface area (Å²) >= 11 is 0. The van der Waals surface area contributed by atoms with Gasteiger partial charge in [0.2, 0.25) is 0 Å². The molecule has 62 valence electrons. The van der Waals surface area contributed by atoms with Gasteiger partial charge in [0, 0.05) is 18.5 Å². The molecular weight excluding hydrogens is 154 g/mol. The molecule has 0 bridgehead atoms. The van der Waals surface area contributed by atoms with Gasteiger partial charge in [-0.2, -0.15) is 0 Å². The molecule has 0 fully saturated rings. The predicted octanol–water partition coefficient (Wildman–Crippen LogP) is 1.18. The lowest BCUT2D eigenvalue weighted by atomic mass is 10.5. The average molecular weight is 163 g/mol. The second kappa shape index (κ2) is 5.07. The van der Waals surface area contributed by atoms with E-state index < -0.39 is 0 Å². The van der Waals surface area contributed by atoms with Gasteiger partial charge in [-0.05, 0) is 12.1 Å². The molecule has 12 heavy (non-hydrogen) atoms. The summed E-state index contributed by atoms with van der Waals surface area (Å²) in [5.41, 5.74) is 0. The molecule has 0 saturated heterocycles. The van der Waals surface area contributed by atoms with Crippen LogP contribution in [0.4, 0.5) is 0 Å². The normalized spacial score (nSPS) is 13.2. The fraction of sp³-hybridized carbons (Fsp3) is 0.111. The molecule has 0 unspecified atom stereocenters. The van der Waals surface area contributed by atoms with Crippen LogP contribution >= 0.6 is 0 Å². The molecule has 0 saturated carbocycles. The molecule has 2 rings (SSSR count). The van der Waals surface area contributed by atoms with E-state index in [4.69, 9.17) is 0 Å². The Kier molecular flexibility index (Phi) is 3.57. The Morgan fingerprint density at radius 1 is 1.25 bits per heavy atom. The summed E-state index contributed by atoms with van der Waals surface area (Å²) < 4.78 is 4.53. The third-order valence-electron chi connectivity index (χ3n) is 1.14. The Hall–Kier alpha value is -1.64. The number of carbonyl (C=O) groups excluding carboxylic acids is 1. The lowest BCUT2D eigenvalue weighted by Gasteiger charge is -1.79. The van der Waals surface area contributed by atoms with Crippen LogP contribution in [0.3, 0.4) is 0 Å². The van der Waals surface area contributed by atoms with E-state index in [9.17, 15) is 4.79 Å². The van der Waals surface area contributed by atoms with Gasteiger partial charge in [-0.15, -0.1) is 0 Å². The second-order valence-corrected chi connectivity index (χ2v) is 2.10. The predicted molar refractivity (Wildman–Crippen MR) is 44.3 cm³/mol. The van der Waals surface area contributed by atoms with Crippen molar-refractivity contribution in [1.82, 2.24) is 4.98 Å². The van der Waals surface area contributed by atoms with Crippen molar-refractivity contribution in [2.24, 2.45) is 0 Å². The highest BCUT2D eigenvalue weighted by atomic mass is 16.5. The highest BCUT2D eigenvalue weighted by Crippen LogP contribution is 1.89. The van der Waals surface area contributed by atoms with E-state index in [1.165, 1.54) is 12.3 Å². The topological polar surface area (TPSA) is 39.2 Å². The molecule has 0 atom stereocenters. The second-order valence-electron chi connectivity index (χ2n) is 2.10. The monoisotopic (exact) mass is 163 g/mol. The van der Waals surface area contributed by atoms with E-state index in [0.29, 0.717) is 0 Å². The number of ether oxygens (including phenoxy) is 1. The van der Waals surface area contributed by atoms with Crippen molar-refractivity contribution < 1.29 is 9.53 Å². The first-order chi connectivity index (χ1) is 5.89. The minimum Gasteiger partial charge on any atom is -0.493 e. The number of aromatic nitrogens is 1. The standard InChI is InChI=1S/C5H5N.C4H4O2/c1-2-4-6-5-3-1;5-4-1-2-6-3-4/h1-5H;1-2H,3H2. The number of pyridine rings is 1. The van der Waals surface area contributed by atoms with Gasteiger partial charge in [0.1, 0.15) is 6.61 Å². The van der Waals surface area contributed by atoms with Crippen LogP contribution in [0.5, 0.6) is 0 Å². The maximum atomic E-state index is 10.0. The Bertz CT molecular complexity index is 230. The summed E-state index contributed by atoms with van der Waals surface area (Å²) in [7, 11) is 0. The average Bonchev–Trinajstić information content (AvgIpc) is 2.60. The van der Waals surface area contributed by atoms with E-state index in [-0.39, 0.29) is 12.4 Å². The molecule has 3 heteroatoms. The summed E-state index contributed by atoms with van der Waals surface area (Å²) in [5, 5.41) is 0. The molecule has 0 amide bonds. The van der Waals surface area contributed by atoms with E-state index in [0.717, 1.165) is 0 Å². The lowest BCUT2D eigenvalue weighted by molar-refractivity contribution is -0.115. The van der Waals surface area contributed by atoms with Gasteiger partial charge in [0.05, 0.1) is 6.26 Å². The third kappa shape index (κ3) is 3.51. The molecule has 0 aliphatic carbocycles. The van der Waals surface area contributed by atoms with Gasteiger partial charge in [0.15, 0.2) is 5.78 Å². The van der Waals surface area contributed by atoms with Crippen LogP contribution in [0.15, 0.2) is 42.9 Å². The molecular formula is C9H9NO2. The number of hydrogen-bond acceptors (Lipinski definition) is 3. The Labute approximate surface area is 70.7 Å². The van der Waals surface area contributed by atoms with Crippen LogP contribution in [0.25, 0.3) is 0 Å². The van der Waals surface area contributed by atoms with Gasteiger partial charge in [-0.25, -0.2) is 0 Å². The van der Waals surface area contributed by atoms with Gasteiger partial charge in [0.25, 0.3) is 0 Å². The van der Waals surface area contributed by atoms with E-state index in [2.05, 4.69) is 9.72 Å². The van der Waals surface area contributed by atoms with Crippen molar-refractivity contribution in [3.05, 3.63) is 42.9 Å². The van der Waals surface area contributed by atoms with Crippen LogP contribution in [-0.2, 0) is 9.53 Å². The summed E-state index contributed by atoms with van der Waals surface area (Å²) in [6.45, 7) is 0.236. The zero-order chi connectivity index (χ0) is 8.65. The van der Waals surface area contributed by atoms with Crippen LogP contribution < -0.4 is 0 Å². The zero-order valence-electron chi connectivity index (χ0n) is 6.51. The van der Waals surface area contributed by atoms with E-state index in [1.807, 2.05) is 18.2 Å². The molecule has 1 aliphatic heterocycles. The van der Waals surface area contributed by atoms with Gasteiger partial charge in [-0.1, -0.05) is 6.07 Å². The molecule has 0 N–H and O–H groups in total. The quantitative estimate of drug-likeness (QED) is 0.576. The highest BCUT2D eigenvalue weighted by Gasteiger charge is 1.99. The Morgan fingerprint density at radius 2 is 2.00 bits per heavy atom. The third-order valence-corrected chi connectivity index (χ3v) is 1.14. The van der Waals surface area contributed by atoms with Crippen LogP contribution in [0.1, 0.15) is 0 Å². The number of hydrogen-bond donors (Lipinski definition) is 0. The molecule has 0 aromatic carbocycles. The maximum Gasteiger partial charge on any atom is 0.196 e. The van der Waals surface area contributed by atoms with Crippen molar-refractivity contribution in [1.29, 1.82) is 0 Å². The van der Waals surface area contributed by atoms with Crippen molar-refractivity contribution in [2.45, 2.75) is 0 Å². The van der Waals surface area contributed by atoms with Crippen molar-refractivity contribution >= 4 is 5.78 Å². The van der Waals surface area contributed by atoms with Crippen LogP contribution in [-0.4, -0.2) is 17.4 Å². The maximum absolute atomic E-state index is 10.0. The zero-order valence-corrected chi connectivity index (χ0v) is 6.51. The first-order valence-corrected chi connectivity index (χ1v) is 3.55. The molecule has 1 aromatic heterocycles. The first kappa shape index (κ1) is 8.46. The van der Waals surface area contributed by atoms with Crippen LogP contribution in [0, 0.1) is 0 Å². The smallest absolute Gasteiger partial charge is 0.196 e. The number of ketones is 1. The first-order valence-electron chi connectivity index (χ1n) is 3.55. The fourth-order valence-electron chi connectivity index (χ4n) is 0.615. The lowest BCUT2D eigenvalue weighted by Crippen LogP contribution is -1.91. The van der Waals surface area contributed by atoms with Gasteiger partial charge in [-0.3, -0.25) is 9.78 Å². The summed E-state index contributed by atoms with van der Waals surface area (Å²) in [5.74, 6) is 0.0509. The molecule has 0 radical (unpaired) electrons. The summed E-state index contributed by atoms with van der Waals surface area (Å²) in [6, 6.07) is 5.72. The Morgan fingerprint density at radius 3 is 2.17 bits per heavy atom. The molecule has 1 aromatic rings. The van der Waals surface area contributed by atoms with Gasteiger partial charge >= 0.3 is 0 Å². The largest absolute Gasteiger partial charge is 0.493 e. The van der Waals surface area contributed by atoms with Crippen molar-refractivity contribution in [3.8, 4) is 0 Å². The number of carbonyl (C=O) groups is 1. The summed E-state index contributed by atoms with van der Waals surface area (Å²) in [4.78, 5) is 13.8. The minimum atomic E-state index is 0.0509. The molecule has 1 aliphatic rings. The number of nitrogens with zero attached hydrogens (tertiary/aromatic N) is 1. The van der Waals surface area contributed by atoms with Crippen LogP contribution in [0.2, 0.25) is 0 Å². The number of rotatable bonds is 0. The van der Waals surface area contributed by atoms with Crippen molar-refractivity contribution in [3.63, 3.8) is 0 Å². The van der Waals surface area contributed by atoms with Gasteiger partial charge < -0.3 is 4.74 Å². The summed E-state index contributed by atoms with van der Waals surface area (Å²) in [6.07, 6.45) is 6.32. The van der Waals surface area contributed by atoms with E-state index in [1.54, 1.807) is 12.4 Å². The molecule has 2 heterocycles. The highest BCUT2D eigenvalue weighted by molar-refractivity contribution is 5.92. The Balaban J connectivity index is 0.000000120. The fourth-order valence-corrected chi connectivity index (χ4v) is 0.615. The molecule has 3 nitrogen and oxygen atoms in total.